The van der Waals surface area contributed by atoms with E-state index < -0.39 is 0 Å². The largest absolute Gasteiger partial charge is 0.359 e. The van der Waals surface area contributed by atoms with E-state index in [0.717, 1.165) is 38.2 Å². The van der Waals surface area contributed by atoms with Crippen LogP contribution in [0.15, 0.2) is 65.2 Å². The van der Waals surface area contributed by atoms with E-state index in [1.807, 2.05) is 23.0 Å². The number of hydrogen-bond acceptors (Lipinski definition) is 6. The molecule has 3 aliphatic heterocycles. The summed E-state index contributed by atoms with van der Waals surface area (Å²) in [5.74, 6) is 1.51. The van der Waals surface area contributed by atoms with Gasteiger partial charge in [-0.2, -0.15) is 5.10 Å². The summed E-state index contributed by atoms with van der Waals surface area (Å²) >= 11 is 1.99. The summed E-state index contributed by atoms with van der Waals surface area (Å²) in [6.45, 7) is 14.6. The number of piperidine rings is 1. The molecule has 1 saturated heterocycles. The van der Waals surface area contributed by atoms with Crippen LogP contribution in [-0.2, 0) is 0 Å². The Hall–Kier alpha value is -2.21. The number of fused-ring (bicyclic) bond motifs is 1. The highest BCUT2D eigenvalue weighted by Gasteiger charge is 2.35. The van der Waals surface area contributed by atoms with Crippen LogP contribution in [0.4, 0.5) is 0 Å². The third-order valence-corrected chi connectivity index (χ3v) is 7.00. The second-order valence-corrected chi connectivity index (χ2v) is 9.63. The second kappa shape index (κ2) is 8.86. The van der Waals surface area contributed by atoms with Crippen molar-refractivity contribution in [2.75, 3.05) is 13.1 Å². The fraction of sp³-hybridized carbons (Fsp3) is 0.455. The molecular formula is C22H31N5S. The Balaban J connectivity index is 1.53. The van der Waals surface area contributed by atoms with Crippen LogP contribution in [0.3, 0.4) is 0 Å². The molecule has 0 radical (unpaired) electrons. The fourth-order valence-electron chi connectivity index (χ4n) is 3.93. The first-order valence-corrected chi connectivity index (χ1v) is 10.7. The van der Waals surface area contributed by atoms with Gasteiger partial charge in [0.25, 0.3) is 0 Å². The first kappa shape index (κ1) is 20.5. The molecule has 0 aromatic heterocycles. The Morgan fingerprint density at radius 1 is 1.39 bits per heavy atom. The van der Waals surface area contributed by atoms with E-state index in [0.29, 0.717) is 17.7 Å². The van der Waals surface area contributed by atoms with Crippen LogP contribution in [0.25, 0.3) is 0 Å². The molecule has 150 valence electrons. The zero-order chi connectivity index (χ0) is 20.1. The van der Waals surface area contributed by atoms with Gasteiger partial charge in [-0.25, -0.2) is 0 Å². The third-order valence-electron chi connectivity index (χ3n) is 5.63. The van der Waals surface area contributed by atoms with Gasteiger partial charge in [0.05, 0.1) is 17.6 Å². The Morgan fingerprint density at radius 2 is 2.14 bits per heavy atom. The average Bonchev–Trinajstić information content (AvgIpc) is 3.15. The standard InChI is InChI=1S/C22H31N5S/c1-5-6-19(16-23)25-17(2)26-12-8-18(9-13-26)22(3,4)28-21-10-14-27-20(15-21)7-11-24-27/h5-6,10-11,14-16,18,20,23,25H,1-2,7-9,12-13H2,3-4H3/b19-6+,23-16?. The highest BCUT2D eigenvalue weighted by atomic mass is 32.2. The predicted molar refractivity (Wildman–Crippen MR) is 121 cm³/mol. The topological polar surface area (TPSA) is 54.7 Å². The normalized spacial score (nSPS) is 22.7. The van der Waals surface area contributed by atoms with Crippen molar-refractivity contribution in [1.82, 2.24) is 15.2 Å². The SMILES string of the molecule is C=C/C=C(\C=N)NC(=C)N1CCC(C(C)(C)SC2=CC3CC=NN3C=C2)CC1. The summed E-state index contributed by atoms with van der Waals surface area (Å²) in [6, 6.07) is 0.395. The summed E-state index contributed by atoms with van der Waals surface area (Å²) in [5.41, 5.74) is 0.707. The molecular weight excluding hydrogens is 366 g/mol. The van der Waals surface area contributed by atoms with Crippen LogP contribution in [0, 0.1) is 11.3 Å². The van der Waals surface area contributed by atoms with Crippen LogP contribution in [-0.4, -0.2) is 46.2 Å². The maximum Gasteiger partial charge on any atom is 0.0983 e. The van der Waals surface area contributed by atoms with E-state index in [2.05, 4.69) is 60.7 Å². The number of likely N-dealkylation sites (tertiary alicyclic amines) is 1. The zero-order valence-corrected chi connectivity index (χ0v) is 17.7. The molecule has 3 aliphatic rings. The number of allylic oxidation sites excluding steroid dienone is 4. The van der Waals surface area contributed by atoms with Gasteiger partial charge in [0, 0.05) is 47.8 Å². The molecule has 0 aromatic carbocycles. The first-order valence-electron chi connectivity index (χ1n) is 9.87. The van der Waals surface area contributed by atoms with Crippen LogP contribution < -0.4 is 5.32 Å². The number of rotatable bonds is 8. The van der Waals surface area contributed by atoms with Crippen LogP contribution in [0.1, 0.15) is 33.1 Å². The van der Waals surface area contributed by atoms with E-state index in [4.69, 9.17) is 5.41 Å². The van der Waals surface area contributed by atoms with Gasteiger partial charge < -0.3 is 15.6 Å². The smallest absolute Gasteiger partial charge is 0.0983 e. The molecule has 1 unspecified atom stereocenters. The number of hydrogen-bond donors (Lipinski definition) is 2. The molecule has 0 aliphatic carbocycles. The van der Waals surface area contributed by atoms with E-state index in [1.165, 1.54) is 11.1 Å². The second-order valence-electron chi connectivity index (χ2n) is 7.91. The lowest BCUT2D eigenvalue weighted by Gasteiger charge is -2.42. The summed E-state index contributed by atoms with van der Waals surface area (Å²) in [7, 11) is 0. The van der Waals surface area contributed by atoms with E-state index in [-0.39, 0.29) is 4.75 Å². The molecule has 28 heavy (non-hydrogen) atoms. The average molecular weight is 398 g/mol. The summed E-state index contributed by atoms with van der Waals surface area (Å²) in [5, 5.41) is 17.1. The Bertz CT molecular complexity index is 738. The third kappa shape index (κ3) is 4.79. The minimum Gasteiger partial charge on any atom is -0.359 e. The van der Waals surface area contributed by atoms with Crippen LogP contribution in [0.2, 0.25) is 0 Å². The Labute approximate surface area is 173 Å². The molecule has 0 spiro atoms. The van der Waals surface area contributed by atoms with Gasteiger partial charge in [0.1, 0.15) is 0 Å². The maximum absolute atomic E-state index is 7.46. The monoisotopic (exact) mass is 397 g/mol. The lowest BCUT2D eigenvalue weighted by atomic mass is 9.86. The molecule has 0 aromatic rings. The van der Waals surface area contributed by atoms with Crippen molar-refractivity contribution < 1.29 is 0 Å². The van der Waals surface area contributed by atoms with Gasteiger partial charge in [0.2, 0.25) is 0 Å². The Kier molecular flexibility index (Phi) is 6.50. The van der Waals surface area contributed by atoms with Crippen molar-refractivity contribution in [2.24, 2.45) is 11.0 Å². The van der Waals surface area contributed by atoms with E-state index >= 15 is 0 Å². The molecule has 3 rings (SSSR count). The van der Waals surface area contributed by atoms with Crippen molar-refractivity contribution in [1.29, 1.82) is 5.41 Å². The zero-order valence-electron chi connectivity index (χ0n) is 16.9. The summed E-state index contributed by atoms with van der Waals surface area (Å²) < 4.78 is 0.182. The van der Waals surface area contributed by atoms with Crippen molar-refractivity contribution in [3.8, 4) is 0 Å². The first-order chi connectivity index (χ1) is 13.4. The summed E-state index contributed by atoms with van der Waals surface area (Å²) in [4.78, 5) is 3.64. The molecule has 0 bridgehead atoms. The molecule has 1 atom stereocenters. The highest BCUT2D eigenvalue weighted by molar-refractivity contribution is 8.04. The fourth-order valence-corrected chi connectivity index (χ4v) is 5.29. The molecule has 6 heteroatoms. The van der Waals surface area contributed by atoms with Gasteiger partial charge >= 0.3 is 0 Å². The van der Waals surface area contributed by atoms with Gasteiger partial charge in [-0.1, -0.05) is 33.1 Å². The lowest BCUT2D eigenvalue weighted by Crippen LogP contribution is -2.42. The van der Waals surface area contributed by atoms with Gasteiger partial charge in [0.15, 0.2) is 0 Å². The van der Waals surface area contributed by atoms with Gasteiger partial charge in [-0.3, -0.25) is 5.01 Å². The molecule has 3 heterocycles. The van der Waals surface area contributed by atoms with Crippen molar-refractivity contribution >= 4 is 24.2 Å². The number of hydrazone groups is 1. The number of nitrogens with zero attached hydrogens (tertiary/aromatic N) is 3. The predicted octanol–water partition coefficient (Wildman–Crippen LogP) is 4.46. The quantitative estimate of drug-likeness (QED) is 0.469. The number of nitrogens with one attached hydrogen (secondary N) is 2. The van der Waals surface area contributed by atoms with Gasteiger partial charge in [-0.15, -0.1) is 11.8 Å². The van der Waals surface area contributed by atoms with Crippen molar-refractivity contribution in [2.45, 2.75) is 43.9 Å². The van der Waals surface area contributed by atoms with Crippen molar-refractivity contribution in [3.63, 3.8) is 0 Å². The molecule has 0 saturated carbocycles. The highest BCUT2D eigenvalue weighted by Crippen LogP contribution is 2.44. The molecule has 2 N–H and O–H groups in total. The Morgan fingerprint density at radius 3 is 2.82 bits per heavy atom. The number of thioether (sulfide) groups is 1. The molecule has 5 nitrogen and oxygen atoms in total. The summed E-state index contributed by atoms with van der Waals surface area (Å²) in [6.07, 6.45) is 16.7. The minimum absolute atomic E-state index is 0.182. The lowest BCUT2D eigenvalue weighted by molar-refractivity contribution is 0.197. The molecule has 0 amide bonds. The van der Waals surface area contributed by atoms with E-state index in [9.17, 15) is 0 Å². The minimum atomic E-state index is 0.182. The maximum atomic E-state index is 7.46. The molecule has 1 fully saturated rings. The van der Waals surface area contributed by atoms with Crippen LogP contribution >= 0.6 is 11.8 Å². The van der Waals surface area contributed by atoms with E-state index in [1.54, 1.807) is 12.2 Å². The van der Waals surface area contributed by atoms with Crippen molar-refractivity contribution in [3.05, 3.63) is 60.1 Å². The van der Waals surface area contributed by atoms with Crippen LogP contribution in [0.5, 0.6) is 0 Å². The van der Waals surface area contributed by atoms with Gasteiger partial charge in [-0.05, 0) is 37.0 Å².